The predicted octanol–water partition coefficient (Wildman–Crippen LogP) is 3.64. The number of nitrogens with one attached hydrogen (secondary N) is 1. The van der Waals surface area contributed by atoms with E-state index in [1.807, 2.05) is 30.3 Å². The van der Waals surface area contributed by atoms with Gasteiger partial charge in [0.2, 0.25) is 0 Å². The molecule has 1 atom stereocenters. The minimum Gasteiger partial charge on any atom is -0.497 e. The fourth-order valence-corrected chi connectivity index (χ4v) is 2.04. The molecule has 0 aliphatic heterocycles. The van der Waals surface area contributed by atoms with Crippen LogP contribution < -0.4 is 10.1 Å². The van der Waals surface area contributed by atoms with E-state index in [4.69, 9.17) is 20.8 Å². The number of rotatable bonds is 5. The van der Waals surface area contributed by atoms with Crippen molar-refractivity contribution in [2.45, 2.75) is 13.0 Å². The van der Waals surface area contributed by atoms with Gasteiger partial charge >= 0.3 is 0 Å². The van der Waals surface area contributed by atoms with Crippen molar-refractivity contribution in [3.05, 3.63) is 52.9 Å². The van der Waals surface area contributed by atoms with Gasteiger partial charge in [-0.15, -0.1) is 0 Å². The van der Waals surface area contributed by atoms with Crippen LogP contribution in [0.25, 0.3) is 0 Å². The molecule has 0 fully saturated rings. The van der Waals surface area contributed by atoms with Crippen LogP contribution in [-0.4, -0.2) is 13.7 Å². The van der Waals surface area contributed by atoms with Crippen LogP contribution in [0.5, 0.6) is 5.75 Å². The number of halogens is 1. The zero-order valence-electron chi connectivity index (χ0n) is 10.4. The summed E-state index contributed by atoms with van der Waals surface area (Å²) < 4.78 is 10.7. The lowest BCUT2D eigenvalue weighted by molar-refractivity contribution is 0.411. The van der Waals surface area contributed by atoms with E-state index in [-0.39, 0.29) is 6.04 Å². The molecule has 1 unspecified atom stereocenters. The van der Waals surface area contributed by atoms with Gasteiger partial charge in [0.05, 0.1) is 13.2 Å². The molecule has 1 N–H and O–H groups in total. The van der Waals surface area contributed by atoms with Gasteiger partial charge in [0.1, 0.15) is 11.5 Å². The summed E-state index contributed by atoms with van der Waals surface area (Å²) in [5.41, 5.74) is 1.09. The van der Waals surface area contributed by atoms with Crippen molar-refractivity contribution in [1.29, 1.82) is 0 Å². The van der Waals surface area contributed by atoms with Gasteiger partial charge in [-0.05, 0) is 48.0 Å². The number of methoxy groups -OCH3 is 1. The molecule has 0 saturated heterocycles. The largest absolute Gasteiger partial charge is 0.497 e. The lowest BCUT2D eigenvalue weighted by atomic mass is 10.0. The van der Waals surface area contributed by atoms with E-state index in [9.17, 15) is 0 Å². The topological polar surface area (TPSA) is 34.4 Å². The van der Waals surface area contributed by atoms with Gasteiger partial charge < -0.3 is 14.5 Å². The first-order valence-electron chi connectivity index (χ1n) is 5.87. The fraction of sp³-hybridized carbons (Fsp3) is 0.286. The molecule has 0 radical (unpaired) electrons. The van der Waals surface area contributed by atoms with Gasteiger partial charge in [-0.1, -0.05) is 19.1 Å². The average Bonchev–Trinajstić information content (AvgIpc) is 2.82. The van der Waals surface area contributed by atoms with Crippen LogP contribution in [0.1, 0.15) is 24.3 Å². The summed E-state index contributed by atoms with van der Waals surface area (Å²) in [4.78, 5) is 0. The smallest absolute Gasteiger partial charge is 0.193 e. The molecule has 0 spiro atoms. The van der Waals surface area contributed by atoms with Crippen LogP contribution in [0.4, 0.5) is 0 Å². The third kappa shape index (κ3) is 2.86. The summed E-state index contributed by atoms with van der Waals surface area (Å²) >= 11 is 5.83. The molecule has 0 amide bonds. The van der Waals surface area contributed by atoms with Crippen LogP contribution in [0.3, 0.4) is 0 Å². The molecule has 1 heterocycles. The number of ether oxygens (including phenoxy) is 1. The highest BCUT2D eigenvalue weighted by Crippen LogP contribution is 2.27. The predicted molar refractivity (Wildman–Crippen MR) is 72.2 cm³/mol. The second kappa shape index (κ2) is 5.94. The molecule has 2 aromatic rings. The van der Waals surface area contributed by atoms with Crippen molar-refractivity contribution in [3.63, 3.8) is 0 Å². The van der Waals surface area contributed by atoms with Gasteiger partial charge in [0, 0.05) is 0 Å². The van der Waals surface area contributed by atoms with Crippen LogP contribution >= 0.6 is 11.6 Å². The Kier molecular flexibility index (Phi) is 4.28. The second-order valence-corrected chi connectivity index (χ2v) is 4.28. The van der Waals surface area contributed by atoms with Gasteiger partial charge in [-0.25, -0.2) is 0 Å². The van der Waals surface area contributed by atoms with Crippen LogP contribution in [0, 0.1) is 0 Å². The van der Waals surface area contributed by atoms with Crippen LogP contribution in [-0.2, 0) is 0 Å². The highest BCUT2D eigenvalue weighted by atomic mass is 35.5. The van der Waals surface area contributed by atoms with Crippen LogP contribution in [0.2, 0.25) is 5.22 Å². The van der Waals surface area contributed by atoms with Crippen molar-refractivity contribution >= 4 is 11.6 Å². The fourth-order valence-electron chi connectivity index (χ4n) is 1.89. The van der Waals surface area contributed by atoms with Gasteiger partial charge in [0.25, 0.3) is 0 Å². The van der Waals surface area contributed by atoms with Gasteiger partial charge in [0.15, 0.2) is 5.22 Å². The average molecular weight is 266 g/mol. The van der Waals surface area contributed by atoms with E-state index in [0.717, 1.165) is 23.6 Å². The summed E-state index contributed by atoms with van der Waals surface area (Å²) in [6, 6.07) is 11.5. The molecule has 2 rings (SSSR count). The molecule has 4 heteroatoms. The normalized spacial score (nSPS) is 12.4. The molecule has 1 aromatic heterocycles. The van der Waals surface area contributed by atoms with Crippen molar-refractivity contribution in [2.75, 3.05) is 13.7 Å². The third-order valence-electron chi connectivity index (χ3n) is 2.71. The van der Waals surface area contributed by atoms with Gasteiger partial charge in [-0.2, -0.15) is 0 Å². The van der Waals surface area contributed by atoms with E-state index in [1.165, 1.54) is 0 Å². The molecule has 0 aliphatic rings. The van der Waals surface area contributed by atoms with Crippen molar-refractivity contribution in [1.82, 2.24) is 5.32 Å². The summed E-state index contributed by atoms with van der Waals surface area (Å²) in [5, 5.41) is 3.77. The van der Waals surface area contributed by atoms with Crippen molar-refractivity contribution in [2.24, 2.45) is 0 Å². The molecule has 18 heavy (non-hydrogen) atoms. The van der Waals surface area contributed by atoms with E-state index < -0.39 is 0 Å². The Morgan fingerprint density at radius 1 is 1.33 bits per heavy atom. The molecular formula is C14H16ClNO2. The Morgan fingerprint density at radius 2 is 2.17 bits per heavy atom. The standard InChI is InChI=1S/C14H16ClNO2/c1-3-16-14(12-7-8-13(15)18-12)10-5-4-6-11(9-10)17-2/h4-9,14,16H,3H2,1-2H3. The Hall–Kier alpha value is -1.45. The van der Waals surface area contributed by atoms with E-state index in [0.29, 0.717) is 5.22 Å². The highest BCUT2D eigenvalue weighted by Gasteiger charge is 2.17. The van der Waals surface area contributed by atoms with Crippen molar-refractivity contribution < 1.29 is 9.15 Å². The molecule has 1 aromatic carbocycles. The van der Waals surface area contributed by atoms with Gasteiger partial charge in [-0.3, -0.25) is 0 Å². The monoisotopic (exact) mass is 265 g/mol. The number of benzene rings is 1. The first-order valence-corrected chi connectivity index (χ1v) is 6.25. The first kappa shape index (κ1) is 13.0. The summed E-state index contributed by atoms with van der Waals surface area (Å²) in [5.74, 6) is 1.63. The molecule has 0 bridgehead atoms. The highest BCUT2D eigenvalue weighted by molar-refractivity contribution is 6.28. The Balaban J connectivity index is 2.34. The molecular weight excluding hydrogens is 250 g/mol. The second-order valence-electron chi connectivity index (χ2n) is 3.91. The van der Waals surface area contributed by atoms with Crippen molar-refractivity contribution in [3.8, 4) is 5.75 Å². The minimum atomic E-state index is -0.0161. The molecule has 0 saturated carbocycles. The number of hydrogen-bond acceptors (Lipinski definition) is 3. The number of furan rings is 1. The first-order chi connectivity index (χ1) is 8.74. The lowest BCUT2D eigenvalue weighted by Gasteiger charge is -2.16. The molecule has 96 valence electrons. The Labute approximate surface area is 112 Å². The zero-order chi connectivity index (χ0) is 13.0. The quantitative estimate of drug-likeness (QED) is 0.896. The molecule has 3 nitrogen and oxygen atoms in total. The van der Waals surface area contributed by atoms with Crippen LogP contribution in [0.15, 0.2) is 40.8 Å². The number of hydrogen-bond donors (Lipinski definition) is 1. The lowest BCUT2D eigenvalue weighted by Crippen LogP contribution is -2.21. The SMILES string of the molecule is CCNC(c1cccc(OC)c1)c1ccc(Cl)o1. The maximum absolute atomic E-state index is 5.83. The summed E-state index contributed by atoms with van der Waals surface area (Å²) in [6.45, 7) is 2.89. The zero-order valence-corrected chi connectivity index (χ0v) is 11.2. The maximum atomic E-state index is 5.83. The Bertz CT molecular complexity index is 510. The molecule has 0 aliphatic carbocycles. The van der Waals surface area contributed by atoms with E-state index >= 15 is 0 Å². The van der Waals surface area contributed by atoms with E-state index in [2.05, 4.69) is 12.2 Å². The summed E-state index contributed by atoms with van der Waals surface area (Å²) in [7, 11) is 1.66. The summed E-state index contributed by atoms with van der Waals surface area (Å²) in [6.07, 6.45) is 0. The maximum Gasteiger partial charge on any atom is 0.193 e. The Morgan fingerprint density at radius 3 is 2.78 bits per heavy atom. The minimum absolute atomic E-state index is 0.0161. The van der Waals surface area contributed by atoms with E-state index in [1.54, 1.807) is 13.2 Å². The third-order valence-corrected chi connectivity index (χ3v) is 2.92.